The van der Waals surface area contributed by atoms with Crippen LogP contribution in [0.3, 0.4) is 0 Å². The fourth-order valence-corrected chi connectivity index (χ4v) is 2.21. The molecule has 2 atom stereocenters. The van der Waals surface area contributed by atoms with Crippen LogP contribution in [0.25, 0.3) is 0 Å². The van der Waals surface area contributed by atoms with Gasteiger partial charge in [-0.15, -0.1) is 6.58 Å². The van der Waals surface area contributed by atoms with Gasteiger partial charge in [0.1, 0.15) is 6.61 Å². The maximum Gasteiger partial charge on any atom is 0.411 e. The van der Waals surface area contributed by atoms with E-state index in [-0.39, 0.29) is 18.5 Å². The van der Waals surface area contributed by atoms with E-state index < -0.39 is 18.9 Å². The number of carbonyl (C=O) groups is 1. The van der Waals surface area contributed by atoms with E-state index in [9.17, 15) is 18.0 Å². The number of carbonyl (C=O) groups excluding carboxylic acids is 1. The Morgan fingerprint density at radius 3 is 2.80 bits per heavy atom. The molecule has 0 aromatic carbocycles. The Morgan fingerprint density at radius 2 is 2.15 bits per heavy atom. The number of halogens is 3. The third-order valence-electron chi connectivity index (χ3n) is 3.05. The minimum absolute atomic E-state index is 0.111. The molecule has 2 N–H and O–H groups in total. The van der Waals surface area contributed by atoms with Crippen LogP contribution in [0, 0.1) is 0 Å². The van der Waals surface area contributed by atoms with Crippen molar-refractivity contribution in [3.05, 3.63) is 12.7 Å². The third kappa shape index (κ3) is 7.49. The Kier molecular flexibility index (Phi) is 7.01. The Labute approximate surface area is 116 Å². The minimum Gasteiger partial charge on any atom is -0.369 e. The first-order chi connectivity index (χ1) is 9.40. The molecule has 0 aromatic heterocycles. The maximum absolute atomic E-state index is 12.1. The van der Waals surface area contributed by atoms with E-state index >= 15 is 0 Å². The Hall–Kier alpha value is -1.08. The van der Waals surface area contributed by atoms with E-state index in [4.69, 9.17) is 4.74 Å². The fourth-order valence-electron chi connectivity index (χ4n) is 2.21. The van der Waals surface area contributed by atoms with Crippen LogP contribution in [0.2, 0.25) is 0 Å². The van der Waals surface area contributed by atoms with Crippen molar-refractivity contribution in [3.63, 3.8) is 0 Å². The molecule has 0 aliphatic heterocycles. The van der Waals surface area contributed by atoms with Crippen LogP contribution in [0.1, 0.15) is 25.7 Å². The number of alkyl halides is 3. The van der Waals surface area contributed by atoms with E-state index in [1.165, 1.54) is 0 Å². The molecule has 2 unspecified atom stereocenters. The summed E-state index contributed by atoms with van der Waals surface area (Å²) in [7, 11) is 0. The van der Waals surface area contributed by atoms with Crippen molar-refractivity contribution in [1.82, 2.24) is 10.6 Å². The molecular formula is C13H21F3N2O2. The van der Waals surface area contributed by atoms with Gasteiger partial charge in [0.05, 0.1) is 12.6 Å². The average molecular weight is 294 g/mol. The average Bonchev–Trinajstić information content (AvgIpc) is 2.36. The lowest BCUT2D eigenvalue weighted by Gasteiger charge is -2.30. The molecule has 7 heteroatoms. The van der Waals surface area contributed by atoms with E-state index in [1.807, 2.05) is 0 Å². The predicted molar refractivity (Wildman–Crippen MR) is 69.3 cm³/mol. The van der Waals surface area contributed by atoms with Crippen molar-refractivity contribution in [1.29, 1.82) is 0 Å². The quantitative estimate of drug-likeness (QED) is 0.556. The van der Waals surface area contributed by atoms with Gasteiger partial charge in [0, 0.05) is 12.6 Å². The van der Waals surface area contributed by atoms with Crippen LogP contribution < -0.4 is 10.6 Å². The summed E-state index contributed by atoms with van der Waals surface area (Å²) in [5.74, 6) is -0.159. The molecule has 1 amide bonds. The van der Waals surface area contributed by atoms with Gasteiger partial charge in [-0.25, -0.2) is 0 Å². The van der Waals surface area contributed by atoms with Crippen LogP contribution in [-0.2, 0) is 9.53 Å². The second-order valence-electron chi connectivity index (χ2n) is 4.90. The minimum atomic E-state index is -4.30. The molecule has 1 aliphatic carbocycles. The number of rotatable bonds is 7. The number of nitrogens with one attached hydrogen (secondary N) is 2. The SMILES string of the molecule is C=CCNCC(=O)NC1CCCC(OCC(F)(F)F)C1. The van der Waals surface area contributed by atoms with E-state index in [0.717, 1.165) is 12.8 Å². The molecule has 0 spiro atoms. The van der Waals surface area contributed by atoms with Crippen LogP contribution in [0.5, 0.6) is 0 Å². The first-order valence-corrected chi connectivity index (χ1v) is 6.70. The van der Waals surface area contributed by atoms with Gasteiger partial charge in [0.25, 0.3) is 0 Å². The van der Waals surface area contributed by atoms with Gasteiger partial charge in [-0.3, -0.25) is 4.79 Å². The highest BCUT2D eigenvalue weighted by atomic mass is 19.4. The summed E-state index contributed by atoms with van der Waals surface area (Å²) in [6.45, 7) is 3.01. The molecule has 1 saturated carbocycles. The lowest BCUT2D eigenvalue weighted by Crippen LogP contribution is -2.44. The highest BCUT2D eigenvalue weighted by Gasteiger charge is 2.31. The Balaban J connectivity index is 2.26. The van der Waals surface area contributed by atoms with Crippen LogP contribution in [-0.4, -0.2) is 43.9 Å². The van der Waals surface area contributed by atoms with Crippen LogP contribution >= 0.6 is 0 Å². The molecule has 0 saturated heterocycles. The van der Waals surface area contributed by atoms with Crippen molar-refractivity contribution in [2.24, 2.45) is 0 Å². The third-order valence-corrected chi connectivity index (χ3v) is 3.05. The van der Waals surface area contributed by atoms with E-state index in [0.29, 0.717) is 19.4 Å². The topological polar surface area (TPSA) is 50.4 Å². The van der Waals surface area contributed by atoms with Crippen molar-refractivity contribution >= 4 is 5.91 Å². The van der Waals surface area contributed by atoms with Crippen LogP contribution in [0.4, 0.5) is 13.2 Å². The second kappa shape index (κ2) is 8.26. The zero-order chi connectivity index (χ0) is 15.0. The monoisotopic (exact) mass is 294 g/mol. The van der Waals surface area contributed by atoms with Crippen molar-refractivity contribution in [2.45, 2.75) is 44.0 Å². The van der Waals surface area contributed by atoms with Gasteiger partial charge in [-0.05, 0) is 25.7 Å². The summed E-state index contributed by atoms with van der Waals surface area (Å²) in [6, 6.07) is -0.111. The lowest BCUT2D eigenvalue weighted by molar-refractivity contribution is -0.188. The first kappa shape index (κ1) is 17.0. The summed E-state index contributed by atoms with van der Waals surface area (Å²) in [4.78, 5) is 11.6. The molecule has 0 aromatic rings. The largest absolute Gasteiger partial charge is 0.411 e. The summed E-state index contributed by atoms with van der Waals surface area (Å²) in [5.41, 5.74) is 0. The van der Waals surface area contributed by atoms with Gasteiger partial charge in [0.15, 0.2) is 0 Å². The van der Waals surface area contributed by atoms with E-state index in [2.05, 4.69) is 17.2 Å². The lowest BCUT2D eigenvalue weighted by atomic mass is 9.93. The zero-order valence-electron chi connectivity index (χ0n) is 11.3. The second-order valence-corrected chi connectivity index (χ2v) is 4.90. The molecule has 1 fully saturated rings. The molecule has 0 radical (unpaired) electrons. The molecule has 116 valence electrons. The highest BCUT2D eigenvalue weighted by molar-refractivity contribution is 5.78. The fraction of sp³-hybridized carbons (Fsp3) is 0.769. The van der Waals surface area contributed by atoms with Gasteiger partial charge in [0.2, 0.25) is 5.91 Å². The summed E-state index contributed by atoms with van der Waals surface area (Å²) in [6.07, 6.45) is -0.510. The zero-order valence-corrected chi connectivity index (χ0v) is 11.3. The normalized spacial score (nSPS) is 23.4. The number of hydrogen-bond donors (Lipinski definition) is 2. The smallest absolute Gasteiger partial charge is 0.369 e. The number of amides is 1. The van der Waals surface area contributed by atoms with Gasteiger partial charge < -0.3 is 15.4 Å². The standard InChI is InChI=1S/C13H21F3N2O2/c1-2-6-17-8-12(19)18-10-4-3-5-11(7-10)20-9-13(14,15)16/h2,10-11,17H,1,3-9H2,(H,18,19). The predicted octanol–water partition coefficient (Wildman–Crippen LogP) is 1.77. The molecule has 0 bridgehead atoms. The molecule has 1 rings (SSSR count). The Morgan fingerprint density at radius 1 is 1.40 bits per heavy atom. The Bertz CT molecular complexity index is 321. The van der Waals surface area contributed by atoms with Crippen LogP contribution in [0.15, 0.2) is 12.7 Å². The summed E-state index contributed by atoms with van der Waals surface area (Å²) >= 11 is 0. The van der Waals surface area contributed by atoms with Gasteiger partial charge >= 0.3 is 6.18 Å². The molecule has 4 nitrogen and oxygen atoms in total. The van der Waals surface area contributed by atoms with Crippen molar-refractivity contribution in [2.75, 3.05) is 19.7 Å². The van der Waals surface area contributed by atoms with Crippen molar-refractivity contribution < 1.29 is 22.7 Å². The molecule has 0 heterocycles. The summed E-state index contributed by atoms with van der Waals surface area (Å²) in [5, 5.41) is 5.68. The molecule has 1 aliphatic rings. The van der Waals surface area contributed by atoms with Crippen molar-refractivity contribution in [3.8, 4) is 0 Å². The van der Waals surface area contributed by atoms with Gasteiger partial charge in [-0.1, -0.05) is 6.08 Å². The van der Waals surface area contributed by atoms with Gasteiger partial charge in [-0.2, -0.15) is 13.2 Å². The highest BCUT2D eigenvalue weighted by Crippen LogP contribution is 2.24. The number of ether oxygens (including phenoxy) is 1. The molecular weight excluding hydrogens is 273 g/mol. The summed E-state index contributed by atoms with van der Waals surface area (Å²) < 4.78 is 41.1. The molecule has 20 heavy (non-hydrogen) atoms. The maximum atomic E-state index is 12.1. The number of hydrogen-bond acceptors (Lipinski definition) is 3. The van der Waals surface area contributed by atoms with E-state index in [1.54, 1.807) is 6.08 Å². The first-order valence-electron chi connectivity index (χ1n) is 6.70.